The summed E-state index contributed by atoms with van der Waals surface area (Å²) in [5, 5.41) is 6.54. The first-order chi connectivity index (χ1) is 14.3. The van der Waals surface area contributed by atoms with Gasteiger partial charge in [-0.1, -0.05) is 32.9 Å². The third-order valence-corrected chi connectivity index (χ3v) is 6.30. The van der Waals surface area contributed by atoms with Crippen LogP contribution in [0.25, 0.3) is 0 Å². The van der Waals surface area contributed by atoms with Gasteiger partial charge in [0, 0.05) is 22.5 Å². The Hall–Kier alpha value is -3.06. The van der Waals surface area contributed by atoms with E-state index < -0.39 is 6.17 Å². The highest BCUT2D eigenvalue weighted by Crippen LogP contribution is 2.42. The van der Waals surface area contributed by atoms with E-state index in [0.717, 1.165) is 16.4 Å². The van der Waals surface area contributed by atoms with E-state index in [9.17, 15) is 4.79 Å². The molecule has 0 saturated heterocycles. The smallest absolute Gasteiger partial charge is 0.262 e. The molecule has 0 radical (unpaired) electrons. The predicted molar refractivity (Wildman–Crippen MR) is 120 cm³/mol. The quantitative estimate of drug-likeness (QED) is 0.623. The summed E-state index contributed by atoms with van der Waals surface area (Å²) < 4.78 is 10.9. The Labute approximate surface area is 180 Å². The van der Waals surface area contributed by atoms with E-state index in [1.807, 2.05) is 41.8 Å². The maximum atomic E-state index is 13.6. The number of carbonyl (C=O) groups excluding carboxylic acids is 1. The third kappa shape index (κ3) is 3.50. The number of hydrogen-bond donors (Lipinski definition) is 1. The molecule has 0 aliphatic carbocycles. The van der Waals surface area contributed by atoms with Crippen molar-refractivity contribution in [2.45, 2.75) is 32.4 Å². The van der Waals surface area contributed by atoms with Gasteiger partial charge in [0.25, 0.3) is 5.91 Å². The molecule has 4 rings (SSSR count). The van der Waals surface area contributed by atoms with Crippen LogP contribution in [0.15, 0.2) is 47.8 Å². The van der Waals surface area contributed by atoms with Crippen molar-refractivity contribution in [3.05, 3.63) is 64.1 Å². The molecule has 1 amide bonds. The highest BCUT2D eigenvalue weighted by Gasteiger charge is 2.37. The molecule has 0 bridgehead atoms. The lowest BCUT2D eigenvalue weighted by Crippen LogP contribution is -2.43. The van der Waals surface area contributed by atoms with Crippen molar-refractivity contribution in [3.63, 3.8) is 0 Å². The lowest BCUT2D eigenvalue weighted by atomic mass is 9.98. The van der Waals surface area contributed by atoms with Gasteiger partial charge in [-0.25, -0.2) is 4.98 Å². The topological polar surface area (TPSA) is 63.7 Å². The van der Waals surface area contributed by atoms with Crippen LogP contribution >= 0.6 is 11.3 Å². The van der Waals surface area contributed by atoms with E-state index >= 15 is 0 Å². The van der Waals surface area contributed by atoms with Crippen LogP contribution in [0, 0.1) is 0 Å². The standard InChI is InChI=1S/C23H25N3O3S/c1-23(2,3)22-25-17(13-30-22)20-24-16-9-7-6-8-15(16)21(27)26(20)18-11-10-14(28-4)12-19(18)29-5/h6-13,20,24H,1-5H3. The first-order valence-corrected chi connectivity index (χ1v) is 10.6. The Morgan fingerprint density at radius 3 is 2.53 bits per heavy atom. The maximum Gasteiger partial charge on any atom is 0.262 e. The number of ether oxygens (including phenoxy) is 2. The minimum atomic E-state index is -0.456. The molecule has 1 aliphatic rings. The molecule has 1 aromatic heterocycles. The Bertz CT molecular complexity index is 1090. The summed E-state index contributed by atoms with van der Waals surface area (Å²) >= 11 is 1.61. The van der Waals surface area contributed by atoms with Crippen LogP contribution in [0.2, 0.25) is 0 Å². The van der Waals surface area contributed by atoms with E-state index in [-0.39, 0.29) is 11.3 Å². The van der Waals surface area contributed by atoms with Gasteiger partial charge in [0.2, 0.25) is 0 Å². The molecule has 1 N–H and O–H groups in total. The van der Waals surface area contributed by atoms with Crippen LogP contribution < -0.4 is 19.7 Å². The monoisotopic (exact) mass is 423 g/mol. The van der Waals surface area contributed by atoms with Crippen LogP contribution in [-0.2, 0) is 5.41 Å². The van der Waals surface area contributed by atoms with E-state index in [4.69, 9.17) is 14.5 Å². The van der Waals surface area contributed by atoms with Crippen molar-refractivity contribution >= 4 is 28.6 Å². The number of aromatic nitrogens is 1. The number of amides is 1. The summed E-state index contributed by atoms with van der Waals surface area (Å²) in [6.07, 6.45) is -0.456. The Morgan fingerprint density at radius 1 is 1.10 bits per heavy atom. The molecule has 2 aromatic carbocycles. The Balaban J connectivity index is 1.87. The molecule has 0 saturated carbocycles. The SMILES string of the molecule is COc1ccc(N2C(=O)c3ccccc3NC2c2csc(C(C)(C)C)n2)c(OC)c1. The Morgan fingerprint density at radius 2 is 1.87 bits per heavy atom. The fraction of sp³-hybridized carbons (Fsp3) is 0.304. The number of methoxy groups -OCH3 is 2. The average Bonchev–Trinajstić information content (AvgIpc) is 3.24. The van der Waals surface area contributed by atoms with Gasteiger partial charge < -0.3 is 14.8 Å². The zero-order valence-electron chi connectivity index (χ0n) is 17.7. The molecule has 6 nitrogen and oxygen atoms in total. The second-order valence-corrected chi connectivity index (χ2v) is 8.99. The zero-order chi connectivity index (χ0) is 21.5. The lowest BCUT2D eigenvalue weighted by molar-refractivity contribution is 0.0973. The van der Waals surface area contributed by atoms with Crippen molar-refractivity contribution in [2.24, 2.45) is 0 Å². The molecule has 0 fully saturated rings. The van der Waals surface area contributed by atoms with Gasteiger partial charge in [0.1, 0.15) is 11.5 Å². The fourth-order valence-electron chi connectivity index (χ4n) is 3.45. The first kappa shape index (κ1) is 20.2. The molecule has 7 heteroatoms. The molecular formula is C23H25N3O3S. The molecule has 1 aliphatic heterocycles. The van der Waals surface area contributed by atoms with Crippen LogP contribution in [0.1, 0.15) is 48.0 Å². The number of rotatable bonds is 4. The molecule has 3 aromatic rings. The summed E-state index contributed by atoms with van der Waals surface area (Å²) in [6.45, 7) is 6.40. The second-order valence-electron chi connectivity index (χ2n) is 8.13. The molecule has 30 heavy (non-hydrogen) atoms. The number of carbonyl (C=O) groups is 1. The lowest BCUT2D eigenvalue weighted by Gasteiger charge is -2.37. The number of thiazole rings is 1. The van der Waals surface area contributed by atoms with Crippen LogP contribution in [0.5, 0.6) is 11.5 Å². The number of hydrogen-bond acceptors (Lipinski definition) is 6. The third-order valence-electron chi connectivity index (χ3n) is 5.02. The second kappa shape index (κ2) is 7.65. The molecular weight excluding hydrogens is 398 g/mol. The summed E-state index contributed by atoms with van der Waals surface area (Å²) in [5.74, 6) is 1.11. The van der Waals surface area contributed by atoms with Crippen LogP contribution in [-0.4, -0.2) is 25.1 Å². The zero-order valence-corrected chi connectivity index (χ0v) is 18.5. The average molecular weight is 424 g/mol. The first-order valence-electron chi connectivity index (χ1n) is 9.70. The number of para-hydroxylation sites is 1. The number of nitrogens with zero attached hydrogens (tertiary/aromatic N) is 2. The normalized spacial score (nSPS) is 16.1. The minimum Gasteiger partial charge on any atom is -0.497 e. The molecule has 156 valence electrons. The van der Waals surface area contributed by atoms with Crippen molar-refractivity contribution in [2.75, 3.05) is 24.4 Å². The van der Waals surface area contributed by atoms with Crippen molar-refractivity contribution in [1.29, 1.82) is 0 Å². The molecule has 1 atom stereocenters. The van der Waals surface area contributed by atoms with Gasteiger partial charge in [-0.2, -0.15) is 0 Å². The van der Waals surface area contributed by atoms with Crippen LogP contribution in [0.4, 0.5) is 11.4 Å². The summed E-state index contributed by atoms with van der Waals surface area (Å²) in [5.41, 5.74) is 2.79. The van der Waals surface area contributed by atoms with Crippen LogP contribution in [0.3, 0.4) is 0 Å². The number of fused-ring (bicyclic) bond motifs is 1. The van der Waals surface area contributed by atoms with Crippen molar-refractivity contribution in [3.8, 4) is 11.5 Å². The van der Waals surface area contributed by atoms with E-state index in [2.05, 4.69) is 26.1 Å². The molecule has 1 unspecified atom stereocenters. The fourth-order valence-corrected chi connectivity index (χ4v) is 4.37. The van der Waals surface area contributed by atoms with E-state index in [0.29, 0.717) is 22.7 Å². The Kier molecular flexibility index (Phi) is 5.15. The summed E-state index contributed by atoms with van der Waals surface area (Å²) in [6, 6.07) is 13.0. The highest BCUT2D eigenvalue weighted by molar-refractivity contribution is 7.09. The minimum absolute atomic E-state index is 0.0673. The van der Waals surface area contributed by atoms with E-state index in [1.54, 1.807) is 36.5 Å². The summed E-state index contributed by atoms with van der Waals surface area (Å²) in [7, 11) is 3.19. The predicted octanol–water partition coefficient (Wildman–Crippen LogP) is 5.23. The number of anilines is 2. The van der Waals surface area contributed by atoms with Gasteiger partial charge in [-0.3, -0.25) is 9.69 Å². The summed E-state index contributed by atoms with van der Waals surface area (Å²) in [4.78, 5) is 20.2. The maximum absolute atomic E-state index is 13.6. The number of benzene rings is 2. The number of nitrogens with one attached hydrogen (secondary N) is 1. The van der Waals surface area contributed by atoms with Gasteiger partial charge in [0.15, 0.2) is 6.17 Å². The molecule has 2 heterocycles. The van der Waals surface area contributed by atoms with Gasteiger partial charge >= 0.3 is 0 Å². The van der Waals surface area contributed by atoms with Gasteiger partial charge in [0.05, 0.1) is 36.2 Å². The van der Waals surface area contributed by atoms with E-state index in [1.165, 1.54) is 0 Å². The van der Waals surface area contributed by atoms with Crippen molar-refractivity contribution in [1.82, 2.24) is 4.98 Å². The van der Waals surface area contributed by atoms with Gasteiger partial charge in [-0.05, 0) is 24.3 Å². The molecule has 0 spiro atoms. The van der Waals surface area contributed by atoms with Crippen molar-refractivity contribution < 1.29 is 14.3 Å². The highest BCUT2D eigenvalue weighted by atomic mass is 32.1. The largest absolute Gasteiger partial charge is 0.497 e. The van der Waals surface area contributed by atoms with Gasteiger partial charge in [-0.15, -0.1) is 11.3 Å².